The van der Waals surface area contributed by atoms with Crippen LogP contribution < -0.4 is 0 Å². The minimum absolute atomic E-state index is 0.566. The first-order valence-electron chi connectivity index (χ1n) is 19.0. The van der Waals surface area contributed by atoms with E-state index in [1.165, 1.54) is 173 Å². The Morgan fingerprint density at radius 1 is 0.286 bits per heavy atom. The fraction of sp³-hybridized carbons (Fsp3) is 1.00. The minimum atomic E-state index is -0.908. The molecule has 0 aromatic carbocycles. The molecule has 0 spiro atoms. The monoisotopic (exact) mass is 599 g/mol. The lowest BCUT2D eigenvalue weighted by atomic mass is 10.1. The van der Waals surface area contributed by atoms with Gasteiger partial charge in [-0.05, 0) is 19.3 Å². The second kappa shape index (κ2) is 38.9. The Hall–Kier alpha value is -0.135. The maximum absolute atomic E-state index is 5.82. The van der Waals surface area contributed by atoms with Gasteiger partial charge in [0.2, 0.25) is 0 Å². The first-order chi connectivity index (χ1) is 20.8. The van der Waals surface area contributed by atoms with Gasteiger partial charge in [-0.15, -0.1) is 0 Å². The van der Waals surface area contributed by atoms with E-state index >= 15 is 0 Å². The lowest BCUT2D eigenvalue weighted by Gasteiger charge is -2.13. The van der Waals surface area contributed by atoms with Gasteiger partial charge in [0.15, 0.2) is 0 Å². The Labute approximate surface area is 264 Å². The van der Waals surface area contributed by atoms with Crippen LogP contribution >= 0.6 is 0 Å². The molecule has 42 heavy (non-hydrogen) atoms. The van der Waals surface area contributed by atoms with Crippen molar-refractivity contribution < 1.29 is 24.0 Å². The molecule has 252 valence electrons. The Morgan fingerprint density at radius 2 is 0.524 bits per heavy atom. The van der Waals surface area contributed by atoms with Gasteiger partial charge >= 0.3 is 7.32 Å². The predicted octanol–water partition coefficient (Wildman–Crippen LogP) is 12.6. The molecule has 0 rings (SSSR count). The van der Waals surface area contributed by atoms with Gasteiger partial charge in [0.25, 0.3) is 0 Å². The molecule has 0 unspecified atom stereocenters. The van der Waals surface area contributed by atoms with Crippen LogP contribution in [0.4, 0.5) is 0 Å². The first-order valence-corrected chi connectivity index (χ1v) is 19.0. The fourth-order valence-corrected chi connectivity index (χ4v) is 5.34. The normalized spacial score (nSPS) is 11.5. The van der Waals surface area contributed by atoms with E-state index in [-0.39, 0.29) is 0 Å². The van der Waals surface area contributed by atoms with E-state index in [2.05, 4.69) is 20.8 Å². The molecule has 0 atom stereocenters. The van der Waals surface area contributed by atoms with Crippen LogP contribution in [0, 0.1) is 0 Å². The molecule has 0 saturated carbocycles. The lowest BCUT2D eigenvalue weighted by molar-refractivity contribution is -0.301. The van der Waals surface area contributed by atoms with Crippen LogP contribution in [0.15, 0.2) is 0 Å². The van der Waals surface area contributed by atoms with E-state index < -0.39 is 7.32 Å². The van der Waals surface area contributed by atoms with E-state index in [0.717, 1.165) is 19.3 Å². The maximum atomic E-state index is 5.82. The van der Waals surface area contributed by atoms with Crippen molar-refractivity contribution in [1.82, 2.24) is 0 Å². The molecule has 0 radical (unpaired) electrons. The van der Waals surface area contributed by atoms with Crippen molar-refractivity contribution in [2.24, 2.45) is 0 Å². The zero-order valence-corrected chi connectivity index (χ0v) is 29.0. The molecule has 0 amide bonds. The summed E-state index contributed by atoms with van der Waals surface area (Å²) in [6.45, 7) is 8.56. The highest BCUT2D eigenvalue weighted by molar-refractivity contribution is 6.35. The average molecular weight is 599 g/mol. The van der Waals surface area contributed by atoms with Gasteiger partial charge in [-0.1, -0.05) is 194 Å². The molecule has 6 heteroatoms. The fourth-order valence-electron chi connectivity index (χ4n) is 5.34. The van der Waals surface area contributed by atoms with Crippen LogP contribution in [-0.4, -0.2) is 27.1 Å². The molecule has 0 N–H and O–H groups in total. The van der Waals surface area contributed by atoms with Crippen LogP contribution in [0.5, 0.6) is 0 Å². The molecule has 0 saturated heterocycles. The summed E-state index contributed by atoms with van der Waals surface area (Å²) in [5.74, 6) is 0. The van der Waals surface area contributed by atoms with E-state index in [1.54, 1.807) is 0 Å². The Morgan fingerprint density at radius 3 is 0.810 bits per heavy atom. The first kappa shape index (κ1) is 41.9. The van der Waals surface area contributed by atoms with Crippen molar-refractivity contribution in [3.63, 3.8) is 0 Å². The smallest absolute Gasteiger partial charge is 0.383 e. The van der Waals surface area contributed by atoms with E-state index in [0.29, 0.717) is 19.8 Å². The lowest BCUT2D eigenvalue weighted by Crippen LogP contribution is -2.28. The molecular weight excluding hydrogens is 523 g/mol. The van der Waals surface area contributed by atoms with Gasteiger partial charge in [-0.3, -0.25) is 0 Å². The summed E-state index contributed by atoms with van der Waals surface area (Å²) >= 11 is 0. The standard InChI is InChI=1S/C36H75BO5/c1-4-7-10-13-16-19-22-25-28-31-34-38-37(41-39-35-32-29-26-23-20-17-14-11-8-5-2)42-40-36-33-30-27-24-21-18-15-12-9-6-3/h4-36H2,1-3H3. The van der Waals surface area contributed by atoms with Crippen molar-refractivity contribution in [2.45, 2.75) is 213 Å². The molecule has 0 aromatic heterocycles. The van der Waals surface area contributed by atoms with E-state index in [9.17, 15) is 0 Å². The Bertz CT molecular complexity index is 440. The quantitative estimate of drug-likeness (QED) is 0.0306. The SMILES string of the molecule is CCCCCCCCCCCCOOB(OCCCCCCCCCCCC)OOCCCCCCCCCCCC. The van der Waals surface area contributed by atoms with Crippen LogP contribution in [0.25, 0.3) is 0 Å². The van der Waals surface area contributed by atoms with Gasteiger partial charge in [-0.2, -0.15) is 0 Å². The molecule has 0 aromatic rings. The highest BCUT2D eigenvalue weighted by Crippen LogP contribution is 2.13. The van der Waals surface area contributed by atoms with Crippen molar-refractivity contribution in [1.29, 1.82) is 0 Å². The van der Waals surface area contributed by atoms with Gasteiger partial charge < -0.3 is 4.65 Å². The molecule has 0 fully saturated rings. The van der Waals surface area contributed by atoms with Crippen LogP contribution in [0.1, 0.15) is 213 Å². The summed E-state index contributed by atoms with van der Waals surface area (Å²) < 4.78 is 5.82. The average Bonchev–Trinajstić information content (AvgIpc) is 3.00. The molecule has 0 bridgehead atoms. The summed E-state index contributed by atoms with van der Waals surface area (Å²) in [5.41, 5.74) is 0. The van der Waals surface area contributed by atoms with Crippen molar-refractivity contribution >= 4 is 7.32 Å². The molecule has 0 aliphatic heterocycles. The van der Waals surface area contributed by atoms with Crippen LogP contribution in [0.3, 0.4) is 0 Å². The van der Waals surface area contributed by atoms with Crippen molar-refractivity contribution in [3.8, 4) is 0 Å². The number of rotatable bonds is 38. The third-order valence-corrected chi connectivity index (χ3v) is 8.21. The summed E-state index contributed by atoms with van der Waals surface area (Å²) in [7, 11) is -0.908. The Balaban J connectivity index is 3.89. The van der Waals surface area contributed by atoms with Crippen LogP contribution in [-0.2, 0) is 24.0 Å². The van der Waals surface area contributed by atoms with E-state index in [1.807, 2.05) is 0 Å². The summed E-state index contributed by atoms with van der Waals surface area (Å²) in [6.07, 6.45) is 39.1. The summed E-state index contributed by atoms with van der Waals surface area (Å²) in [4.78, 5) is 21.8. The molecule has 0 aliphatic rings. The van der Waals surface area contributed by atoms with Gasteiger partial charge in [0.05, 0.1) is 13.2 Å². The van der Waals surface area contributed by atoms with Gasteiger partial charge in [-0.25, -0.2) is 19.4 Å². The molecular formula is C36H75BO5. The molecule has 0 heterocycles. The highest BCUT2D eigenvalue weighted by atomic mass is 17.3. The predicted molar refractivity (Wildman–Crippen MR) is 181 cm³/mol. The largest absolute Gasteiger partial charge is 0.696 e. The number of hydrogen-bond donors (Lipinski definition) is 0. The summed E-state index contributed by atoms with van der Waals surface area (Å²) in [6, 6.07) is 0. The highest BCUT2D eigenvalue weighted by Gasteiger charge is 2.24. The summed E-state index contributed by atoms with van der Waals surface area (Å²) in [5, 5.41) is 0. The van der Waals surface area contributed by atoms with Gasteiger partial charge in [0, 0.05) is 6.61 Å². The third-order valence-electron chi connectivity index (χ3n) is 8.21. The zero-order chi connectivity index (χ0) is 30.4. The minimum Gasteiger partial charge on any atom is -0.383 e. The second-order valence-corrected chi connectivity index (χ2v) is 12.5. The molecule has 5 nitrogen and oxygen atoms in total. The zero-order valence-electron chi connectivity index (χ0n) is 29.0. The van der Waals surface area contributed by atoms with Gasteiger partial charge in [0.1, 0.15) is 0 Å². The Kier molecular flexibility index (Phi) is 38.8. The van der Waals surface area contributed by atoms with Crippen molar-refractivity contribution in [3.05, 3.63) is 0 Å². The molecule has 0 aliphatic carbocycles. The van der Waals surface area contributed by atoms with E-state index in [4.69, 9.17) is 24.0 Å². The topological polar surface area (TPSA) is 46.2 Å². The third kappa shape index (κ3) is 36.1. The number of unbranched alkanes of at least 4 members (excludes halogenated alkanes) is 27. The number of hydrogen-bond acceptors (Lipinski definition) is 5. The maximum Gasteiger partial charge on any atom is 0.696 e. The van der Waals surface area contributed by atoms with Crippen molar-refractivity contribution in [2.75, 3.05) is 19.8 Å². The second-order valence-electron chi connectivity index (χ2n) is 12.5. The van der Waals surface area contributed by atoms with Crippen LogP contribution in [0.2, 0.25) is 0 Å².